The molecule has 0 spiro atoms. The molecule has 2 saturated carbocycles. The SMILES string of the molecule is CC1(C)[C@@H]2CC[C@@]1(C)C(=O)[C@@H]2S(=O)O[Si](C)(C)C. The van der Waals surface area contributed by atoms with Gasteiger partial charge in [-0.3, -0.25) is 4.79 Å². The zero-order chi connectivity index (χ0) is 13.9. The molecule has 0 aromatic heterocycles. The van der Waals surface area contributed by atoms with Crippen LogP contribution in [0.25, 0.3) is 0 Å². The monoisotopic (exact) mass is 288 g/mol. The highest BCUT2D eigenvalue weighted by molar-refractivity contribution is 7.82. The topological polar surface area (TPSA) is 43.4 Å². The van der Waals surface area contributed by atoms with Crippen molar-refractivity contribution in [3.05, 3.63) is 0 Å². The van der Waals surface area contributed by atoms with E-state index in [-0.39, 0.29) is 22.5 Å². The van der Waals surface area contributed by atoms with Crippen LogP contribution >= 0.6 is 0 Å². The first-order chi connectivity index (χ1) is 8.01. The fourth-order valence-corrected chi connectivity index (χ4v) is 7.09. The van der Waals surface area contributed by atoms with Crippen LogP contribution in [0.1, 0.15) is 33.6 Å². The molecule has 0 amide bonds. The third-order valence-corrected chi connectivity index (χ3v) is 8.63. The number of fused-ring (bicyclic) bond motifs is 2. The van der Waals surface area contributed by atoms with Gasteiger partial charge in [0.2, 0.25) is 8.32 Å². The van der Waals surface area contributed by atoms with E-state index in [1.54, 1.807) is 0 Å². The van der Waals surface area contributed by atoms with Gasteiger partial charge < -0.3 is 3.87 Å². The van der Waals surface area contributed by atoms with Crippen molar-refractivity contribution in [1.82, 2.24) is 0 Å². The first kappa shape index (κ1) is 14.4. The number of carbonyl (C=O) groups is 1. The van der Waals surface area contributed by atoms with Crippen LogP contribution in [0.2, 0.25) is 19.6 Å². The summed E-state index contributed by atoms with van der Waals surface area (Å²) in [5.41, 5.74) is -0.353. The lowest BCUT2D eigenvalue weighted by Gasteiger charge is -2.32. The predicted molar refractivity (Wildman–Crippen MR) is 76.0 cm³/mol. The van der Waals surface area contributed by atoms with E-state index in [4.69, 9.17) is 3.87 Å². The molecule has 3 nitrogen and oxygen atoms in total. The van der Waals surface area contributed by atoms with E-state index in [9.17, 15) is 9.00 Å². The van der Waals surface area contributed by atoms with Gasteiger partial charge in [0.05, 0.1) is 0 Å². The van der Waals surface area contributed by atoms with Crippen LogP contribution in [0.15, 0.2) is 0 Å². The number of rotatable bonds is 3. The zero-order valence-corrected chi connectivity index (χ0v) is 14.0. The summed E-state index contributed by atoms with van der Waals surface area (Å²) in [6.45, 7) is 12.4. The molecule has 0 heterocycles. The Balaban J connectivity index is 2.28. The lowest BCUT2D eigenvalue weighted by Crippen LogP contribution is -2.40. The summed E-state index contributed by atoms with van der Waals surface area (Å²) in [6, 6.07) is 0. The predicted octanol–water partition coefficient (Wildman–Crippen LogP) is 2.90. The maximum absolute atomic E-state index is 12.6. The third-order valence-electron chi connectivity index (χ3n) is 5.01. The van der Waals surface area contributed by atoms with Gasteiger partial charge in [-0.05, 0) is 43.8 Å². The molecule has 2 fully saturated rings. The second-order valence-corrected chi connectivity index (χ2v) is 13.4. The van der Waals surface area contributed by atoms with E-state index in [0.29, 0.717) is 0 Å². The Kier molecular flexibility index (Phi) is 3.20. The highest BCUT2D eigenvalue weighted by atomic mass is 32.2. The number of Topliss-reactive ketones (excluding diaryl/α,β-unsaturated/α-hetero) is 1. The van der Waals surface area contributed by atoms with E-state index >= 15 is 0 Å². The first-order valence-corrected chi connectivity index (χ1v) is 11.2. The molecule has 0 radical (unpaired) electrons. The molecule has 0 aromatic carbocycles. The van der Waals surface area contributed by atoms with Crippen molar-refractivity contribution in [1.29, 1.82) is 0 Å². The first-order valence-electron chi connectivity index (χ1n) is 6.65. The van der Waals surface area contributed by atoms with Crippen LogP contribution in [-0.2, 0) is 19.7 Å². The van der Waals surface area contributed by atoms with Crippen LogP contribution in [0.5, 0.6) is 0 Å². The minimum Gasteiger partial charge on any atom is -0.335 e. The lowest BCUT2D eigenvalue weighted by molar-refractivity contribution is -0.127. The van der Waals surface area contributed by atoms with Gasteiger partial charge in [0, 0.05) is 5.41 Å². The second kappa shape index (κ2) is 3.99. The van der Waals surface area contributed by atoms with Crippen molar-refractivity contribution in [2.24, 2.45) is 16.7 Å². The van der Waals surface area contributed by atoms with Crippen molar-refractivity contribution >= 4 is 25.2 Å². The Hall–Kier alpha value is -0.00312. The fourth-order valence-electron chi connectivity index (χ4n) is 3.52. The largest absolute Gasteiger partial charge is 0.335 e. The maximum atomic E-state index is 12.6. The summed E-state index contributed by atoms with van der Waals surface area (Å²) in [4.78, 5) is 12.6. The third kappa shape index (κ3) is 1.86. The Morgan fingerprint density at radius 2 is 1.83 bits per heavy atom. The van der Waals surface area contributed by atoms with Gasteiger partial charge in [-0.1, -0.05) is 20.8 Å². The van der Waals surface area contributed by atoms with Crippen LogP contribution in [0.4, 0.5) is 0 Å². The standard InChI is InChI=1S/C13H24O3SSi/c1-12(2)9-7-8-13(12,3)11(14)10(9)17(15)16-18(4,5)6/h9-10H,7-8H2,1-6H3/t9-,10-,13+,17?/m1/s1. The molecule has 0 N–H and O–H groups in total. The van der Waals surface area contributed by atoms with Crippen LogP contribution in [0, 0.1) is 16.7 Å². The van der Waals surface area contributed by atoms with E-state index in [0.717, 1.165) is 12.8 Å². The van der Waals surface area contributed by atoms with Gasteiger partial charge in [0.25, 0.3) is 0 Å². The molecule has 104 valence electrons. The number of carbonyl (C=O) groups excluding carboxylic acids is 1. The summed E-state index contributed by atoms with van der Waals surface area (Å²) in [5.74, 6) is 0.382. The van der Waals surface area contributed by atoms with Crippen molar-refractivity contribution in [3.8, 4) is 0 Å². The quantitative estimate of drug-likeness (QED) is 0.750. The zero-order valence-electron chi connectivity index (χ0n) is 12.2. The van der Waals surface area contributed by atoms with Crippen molar-refractivity contribution in [3.63, 3.8) is 0 Å². The van der Waals surface area contributed by atoms with Gasteiger partial charge >= 0.3 is 0 Å². The molecule has 2 aliphatic carbocycles. The van der Waals surface area contributed by atoms with E-state index in [1.165, 1.54) is 0 Å². The molecule has 18 heavy (non-hydrogen) atoms. The summed E-state index contributed by atoms with van der Waals surface area (Å²) < 4.78 is 18.1. The Morgan fingerprint density at radius 1 is 1.28 bits per heavy atom. The molecular formula is C13H24O3SSi. The van der Waals surface area contributed by atoms with Crippen LogP contribution < -0.4 is 0 Å². The van der Waals surface area contributed by atoms with Gasteiger partial charge in [-0.25, -0.2) is 4.21 Å². The minimum absolute atomic E-state index is 0.0484. The minimum atomic E-state index is -1.87. The molecule has 4 atom stereocenters. The molecule has 1 unspecified atom stereocenters. The van der Waals surface area contributed by atoms with E-state index in [2.05, 4.69) is 13.8 Å². The molecular weight excluding hydrogens is 264 g/mol. The van der Waals surface area contributed by atoms with Crippen molar-refractivity contribution in [2.75, 3.05) is 0 Å². The summed E-state index contributed by atoms with van der Waals surface area (Å²) in [5, 5.41) is -0.398. The second-order valence-electron chi connectivity index (χ2n) is 7.44. The normalized spacial score (nSPS) is 40.2. The molecule has 0 aromatic rings. The van der Waals surface area contributed by atoms with Gasteiger partial charge in [-0.2, -0.15) is 0 Å². The Morgan fingerprint density at radius 3 is 2.22 bits per heavy atom. The van der Waals surface area contributed by atoms with Gasteiger partial charge in [0.1, 0.15) is 5.25 Å². The molecule has 0 saturated heterocycles. The van der Waals surface area contributed by atoms with Gasteiger partial charge in [0.15, 0.2) is 16.9 Å². The van der Waals surface area contributed by atoms with E-state index < -0.39 is 24.6 Å². The molecule has 5 heteroatoms. The summed E-state index contributed by atoms with van der Waals surface area (Å²) >= 11 is -1.45. The molecule has 2 rings (SSSR count). The maximum Gasteiger partial charge on any atom is 0.205 e. The fraction of sp³-hybridized carbons (Fsp3) is 0.923. The average molecular weight is 288 g/mol. The van der Waals surface area contributed by atoms with Crippen LogP contribution in [0.3, 0.4) is 0 Å². The van der Waals surface area contributed by atoms with Crippen LogP contribution in [-0.4, -0.2) is 23.6 Å². The number of ketones is 1. The Labute approximate surface area is 113 Å². The molecule has 2 aliphatic rings. The number of hydrogen-bond donors (Lipinski definition) is 0. The van der Waals surface area contributed by atoms with Gasteiger partial charge in [-0.15, -0.1) is 0 Å². The van der Waals surface area contributed by atoms with E-state index in [1.807, 2.05) is 26.6 Å². The summed E-state index contributed by atoms with van der Waals surface area (Å²) in [6.07, 6.45) is 1.94. The van der Waals surface area contributed by atoms with Crippen molar-refractivity contribution < 1.29 is 12.9 Å². The molecule has 0 aliphatic heterocycles. The lowest BCUT2D eigenvalue weighted by atomic mass is 9.70. The summed E-state index contributed by atoms with van der Waals surface area (Å²) in [7, 11) is -1.87. The average Bonchev–Trinajstić information content (AvgIpc) is 2.46. The smallest absolute Gasteiger partial charge is 0.205 e. The molecule has 2 bridgehead atoms. The van der Waals surface area contributed by atoms with Crippen molar-refractivity contribution in [2.45, 2.75) is 58.5 Å². The number of hydrogen-bond acceptors (Lipinski definition) is 3. The Bertz CT molecular complexity index is 413. The highest BCUT2D eigenvalue weighted by Crippen LogP contribution is 2.64. The highest BCUT2D eigenvalue weighted by Gasteiger charge is 2.68.